The van der Waals surface area contributed by atoms with E-state index in [1.165, 1.54) is 0 Å². The van der Waals surface area contributed by atoms with E-state index in [0.29, 0.717) is 12.3 Å². The Morgan fingerprint density at radius 1 is 0.828 bits per heavy atom. The number of hydrogen-bond donors (Lipinski definition) is 1. The number of carbonyl (C=O) groups is 1. The summed E-state index contributed by atoms with van der Waals surface area (Å²) in [4.78, 5) is 12.4. The minimum atomic E-state index is -0.0316. The monoisotopic (exact) mass is 417 g/mol. The molecule has 0 aromatic heterocycles. The maximum absolute atomic E-state index is 12.4. The normalized spacial score (nSPS) is 11.7. The van der Waals surface area contributed by atoms with Crippen LogP contribution >= 0.6 is 0 Å². The number of nitrogens with one attached hydrogen (secondary N) is 1. The third-order valence-electron chi connectivity index (χ3n) is 4.13. The van der Waals surface area contributed by atoms with Gasteiger partial charge in [-0.15, -0.1) is 0 Å². The highest BCUT2D eigenvalue weighted by atomic mass is 16.5. The first-order valence-electron chi connectivity index (χ1n) is 11.5. The van der Waals surface area contributed by atoms with Crippen molar-refractivity contribution in [3.8, 4) is 0 Å². The van der Waals surface area contributed by atoms with Crippen LogP contribution in [0.4, 0.5) is 0 Å². The van der Waals surface area contributed by atoms with Crippen LogP contribution in [0.2, 0.25) is 0 Å². The Kier molecular flexibility index (Phi) is 21.2. The van der Waals surface area contributed by atoms with Gasteiger partial charge in [0.2, 0.25) is 5.91 Å². The molecule has 0 heterocycles. The van der Waals surface area contributed by atoms with Gasteiger partial charge in [-0.3, -0.25) is 4.79 Å². The molecule has 0 saturated carbocycles. The van der Waals surface area contributed by atoms with Crippen LogP contribution in [0.5, 0.6) is 0 Å². The lowest BCUT2D eigenvalue weighted by Gasteiger charge is -2.35. The maximum Gasteiger partial charge on any atom is 0.220 e. The standard InChI is InChI=1S/C21H43NO2.2C2H6.CH4/c1-16(2)11-20(7,8)14-22-18(23)12-19(5,6)13-21(9,10)15-24-17(3)4;2*1-2;/h16-17H,11-15H2,1-10H3,(H,22,23);2*1-2H3;1H4. The summed E-state index contributed by atoms with van der Waals surface area (Å²) in [5, 5.41) is 3.15. The second kappa shape index (κ2) is 17.1. The fourth-order valence-electron chi connectivity index (χ4n) is 3.81. The van der Waals surface area contributed by atoms with Gasteiger partial charge in [0.25, 0.3) is 0 Å². The Balaban J connectivity index is -0.000000584. The number of ether oxygens (including phenoxy) is 1. The minimum Gasteiger partial charge on any atom is -0.378 e. The zero-order chi connectivity index (χ0) is 23.2. The van der Waals surface area contributed by atoms with Crippen molar-refractivity contribution < 1.29 is 9.53 Å². The summed E-state index contributed by atoms with van der Waals surface area (Å²) in [6.07, 6.45) is 2.90. The quantitative estimate of drug-likeness (QED) is 0.368. The van der Waals surface area contributed by atoms with Gasteiger partial charge in [-0.25, -0.2) is 0 Å². The van der Waals surface area contributed by atoms with Crippen LogP contribution in [-0.4, -0.2) is 25.2 Å². The molecule has 0 aliphatic rings. The largest absolute Gasteiger partial charge is 0.378 e. The molecule has 0 aromatic rings. The summed E-state index contributed by atoms with van der Waals surface area (Å²) >= 11 is 0. The zero-order valence-corrected chi connectivity index (χ0v) is 22.0. The van der Waals surface area contributed by atoms with Crippen LogP contribution in [0.15, 0.2) is 0 Å². The average molecular weight is 418 g/mol. The van der Waals surface area contributed by atoms with E-state index in [4.69, 9.17) is 4.74 Å². The highest BCUT2D eigenvalue weighted by Crippen LogP contribution is 2.36. The average Bonchev–Trinajstić information content (AvgIpc) is 2.52. The topological polar surface area (TPSA) is 38.3 Å². The Labute approximate surface area is 186 Å². The van der Waals surface area contributed by atoms with Crippen LogP contribution < -0.4 is 5.32 Å². The van der Waals surface area contributed by atoms with Crippen molar-refractivity contribution in [1.82, 2.24) is 5.32 Å². The van der Waals surface area contributed by atoms with E-state index in [1.54, 1.807) is 0 Å². The van der Waals surface area contributed by atoms with Gasteiger partial charge in [-0.05, 0) is 48.9 Å². The van der Waals surface area contributed by atoms with Gasteiger partial charge in [0, 0.05) is 13.0 Å². The van der Waals surface area contributed by atoms with E-state index < -0.39 is 0 Å². The van der Waals surface area contributed by atoms with E-state index in [0.717, 1.165) is 26.0 Å². The summed E-state index contributed by atoms with van der Waals surface area (Å²) in [7, 11) is 0. The molecular weight excluding hydrogens is 358 g/mol. The molecule has 3 nitrogen and oxygen atoms in total. The van der Waals surface area contributed by atoms with Crippen molar-refractivity contribution in [1.29, 1.82) is 0 Å². The minimum absolute atomic E-state index is 0. The van der Waals surface area contributed by atoms with Crippen LogP contribution in [0.25, 0.3) is 0 Å². The molecule has 29 heavy (non-hydrogen) atoms. The van der Waals surface area contributed by atoms with Crippen LogP contribution in [0.1, 0.15) is 124 Å². The van der Waals surface area contributed by atoms with Gasteiger partial charge in [0.05, 0.1) is 12.7 Å². The molecule has 0 atom stereocenters. The molecule has 3 heteroatoms. The summed E-state index contributed by atoms with van der Waals surface area (Å²) in [5.41, 5.74) is 0.194. The van der Waals surface area contributed by atoms with Crippen molar-refractivity contribution in [3.63, 3.8) is 0 Å². The van der Waals surface area contributed by atoms with E-state index >= 15 is 0 Å². The van der Waals surface area contributed by atoms with Gasteiger partial charge in [0.15, 0.2) is 0 Å². The lowest BCUT2D eigenvalue weighted by molar-refractivity contribution is -0.124. The maximum atomic E-state index is 12.4. The first kappa shape index (κ1) is 35.8. The van der Waals surface area contributed by atoms with Crippen molar-refractivity contribution in [3.05, 3.63) is 0 Å². The van der Waals surface area contributed by atoms with Crippen molar-refractivity contribution >= 4 is 5.91 Å². The molecule has 0 rings (SSSR count). The molecule has 0 aromatic carbocycles. The smallest absolute Gasteiger partial charge is 0.220 e. The molecule has 0 unspecified atom stereocenters. The van der Waals surface area contributed by atoms with E-state index in [-0.39, 0.29) is 35.7 Å². The van der Waals surface area contributed by atoms with E-state index in [1.807, 2.05) is 27.7 Å². The second-order valence-electron chi connectivity index (χ2n) is 10.6. The number of carbonyl (C=O) groups excluding carboxylic acids is 1. The summed E-state index contributed by atoms with van der Waals surface area (Å²) in [5.74, 6) is 0.813. The fraction of sp³-hybridized carbons (Fsp3) is 0.962. The number of rotatable bonds is 11. The Hall–Kier alpha value is -0.570. The summed E-state index contributed by atoms with van der Waals surface area (Å²) in [6.45, 7) is 31.3. The molecule has 0 saturated heterocycles. The van der Waals surface area contributed by atoms with Crippen LogP contribution in [0, 0.1) is 22.2 Å². The summed E-state index contributed by atoms with van der Waals surface area (Å²) in [6, 6.07) is 0. The third kappa shape index (κ3) is 23.6. The fourth-order valence-corrected chi connectivity index (χ4v) is 3.81. The summed E-state index contributed by atoms with van der Waals surface area (Å²) < 4.78 is 5.79. The molecule has 0 spiro atoms. The first-order valence-corrected chi connectivity index (χ1v) is 11.5. The van der Waals surface area contributed by atoms with Gasteiger partial charge < -0.3 is 10.1 Å². The predicted octanol–water partition coefficient (Wildman–Crippen LogP) is 8.12. The Morgan fingerprint density at radius 3 is 1.66 bits per heavy atom. The van der Waals surface area contributed by atoms with Crippen LogP contribution in [0.3, 0.4) is 0 Å². The second-order valence-corrected chi connectivity index (χ2v) is 10.6. The van der Waals surface area contributed by atoms with Gasteiger partial charge >= 0.3 is 0 Å². The molecule has 1 amide bonds. The van der Waals surface area contributed by atoms with E-state index in [2.05, 4.69) is 74.6 Å². The molecule has 1 N–H and O–H groups in total. The van der Waals surface area contributed by atoms with Gasteiger partial charge in [-0.1, -0.05) is 90.5 Å². The zero-order valence-electron chi connectivity index (χ0n) is 22.0. The molecular formula is C26H59NO2. The first-order chi connectivity index (χ1) is 12.6. The number of hydrogen-bond acceptors (Lipinski definition) is 2. The Morgan fingerprint density at radius 2 is 1.28 bits per heavy atom. The van der Waals surface area contributed by atoms with Crippen molar-refractivity contribution in [2.75, 3.05) is 13.2 Å². The van der Waals surface area contributed by atoms with E-state index in [9.17, 15) is 4.79 Å². The molecule has 0 fully saturated rings. The van der Waals surface area contributed by atoms with Crippen molar-refractivity contribution in [2.45, 2.75) is 130 Å². The molecule has 180 valence electrons. The highest BCUT2D eigenvalue weighted by Gasteiger charge is 2.31. The molecule has 0 aliphatic carbocycles. The van der Waals surface area contributed by atoms with Gasteiger partial charge in [0.1, 0.15) is 0 Å². The third-order valence-corrected chi connectivity index (χ3v) is 4.13. The SMILES string of the molecule is C.CC.CC.CC(C)CC(C)(C)CNC(=O)CC(C)(C)CC(C)(C)COC(C)C. The van der Waals surface area contributed by atoms with Crippen molar-refractivity contribution in [2.24, 2.45) is 22.2 Å². The van der Waals surface area contributed by atoms with Gasteiger partial charge in [-0.2, -0.15) is 0 Å². The molecule has 0 bridgehead atoms. The lowest BCUT2D eigenvalue weighted by Crippen LogP contribution is -2.38. The lowest BCUT2D eigenvalue weighted by atomic mass is 9.73. The highest BCUT2D eigenvalue weighted by molar-refractivity contribution is 5.76. The predicted molar refractivity (Wildman–Crippen MR) is 134 cm³/mol. The Bertz CT molecular complexity index is 382. The van der Waals surface area contributed by atoms with Crippen LogP contribution in [-0.2, 0) is 9.53 Å². The molecule has 0 radical (unpaired) electrons. The number of amides is 1. The molecule has 0 aliphatic heterocycles.